The maximum absolute atomic E-state index is 14.2. The Bertz CT molecular complexity index is 573. The number of benzene rings is 1. The zero-order chi connectivity index (χ0) is 16.7. The lowest BCUT2D eigenvalue weighted by atomic mass is 9.78. The molecule has 120 valence electrons. The maximum Gasteiger partial charge on any atom is 0.497 e. The first kappa shape index (κ1) is 17.0. The van der Waals surface area contributed by atoms with E-state index in [1.807, 2.05) is 34.6 Å². The third kappa shape index (κ3) is 2.90. The number of rotatable bonds is 3. The van der Waals surface area contributed by atoms with Crippen molar-refractivity contribution in [2.75, 3.05) is 13.6 Å². The SMILES string of the molecule is CCN(C)C(=O)c1ccc(F)c(B2OC(C)(C)C(C)(C)O2)c1. The normalized spacial score (nSPS) is 19.3. The van der Waals surface area contributed by atoms with E-state index in [-0.39, 0.29) is 11.4 Å². The first-order valence-corrected chi connectivity index (χ1v) is 7.49. The summed E-state index contributed by atoms with van der Waals surface area (Å²) in [6.07, 6.45) is 0. The lowest BCUT2D eigenvalue weighted by Crippen LogP contribution is -2.41. The van der Waals surface area contributed by atoms with E-state index in [9.17, 15) is 9.18 Å². The molecule has 22 heavy (non-hydrogen) atoms. The third-order valence-corrected chi connectivity index (χ3v) is 4.57. The van der Waals surface area contributed by atoms with Crippen LogP contribution in [0.4, 0.5) is 4.39 Å². The quantitative estimate of drug-likeness (QED) is 0.804. The van der Waals surface area contributed by atoms with Crippen molar-refractivity contribution in [2.24, 2.45) is 0 Å². The smallest absolute Gasteiger partial charge is 0.399 e. The minimum Gasteiger partial charge on any atom is -0.399 e. The van der Waals surface area contributed by atoms with Gasteiger partial charge in [-0.2, -0.15) is 0 Å². The molecule has 0 spiro atoms. The Hall–Kier alpha value is -1.40. The van der Waals surface area contributed by atoms with Gasteiger partial charge in [0.1, 0.15) is 5.82 Å². The van der Waals surface area contributed by atoms with Gasteiger partial charge in [0.2, 0.25) is 0 Å². The van der Waals surface area contributed by atoms with Gasteiger partial charge in [-0.05, 0) is 52.8 Å². The molecule has 6 heteroatoms. The van der Waals surface area contributed by atoms with Crippen molar-refractivity contribution < 1.29 is 18.5 Å². The molecule has 0 N–H and O–H groups in total. The number of hydrogen-bond acceptors (Lipinski definition) is 3. The Balaban J connectivity index is 2.35. The molecule has 0 radical (unpaired) electrons. The molecule has 1 fully saturated rings. The highest BCUT2D eigenvalue weighted by Crippen LogP contribution is 2.36. The van der Waals surface area contributed by atoms with Crippen LogP contribution in [0.15, 0.2) is 18.2 Å². The van der Waals surface area contributed by atoms with E-state index in [2.05, 4.69) is 0 Å². The fraction of sp³-hybridized carbons (Fsp3) is 0.562. The van der Waals surface area contributed by atoms with Crippen molar-refractivity contribution in [1.29, 1.82) is 0 Å². The molecule has 0 saturated carbocycles. The summed E-state index contributed by atoms with van der Waals surface area (Å²) >= 11 is 0. The Kier molecular flexibility index (Phi) is 4.37. The van der Waals surface area contributed by atoms with Crippen LogP contribution in [0.5, 0.6) is 0 Å². The fourth-order valence-corrected chi connectivity index (χ4v) is 2.19. The summed E-state index contributed by atoms with van der Waals surface area (Å²) in [5.41, 5.74) is -0.418. The van der Waals surface area contributed by atoms with E-state index in [0.717, 1.165) is 0 Å². The zero-order valence-electron chi connectivity index (χ0n) is 14.1. The predicted octanol–water partition coefficient (Wildman–Crippen LogP) is 2.22. The minimum absolute atomic E-state index is 0.153. The van der Waals surface area contributed by atoms with Gasteiger partial charge in [-0.1, -0.05) is 0 Å². The first-order chi connectivity index (χ1) is 10.1. The van der Waals surface area contributed by atoms with Gasteiger partial charge in [0.05, 0.1) is 11.2 Å². The summed E-state index contributed by atoms with van der Waals surface area (Å²) in [7, 11) is 0.893. The number of amides is 1. The van der Waals surface area contributed by atoms with Crippen LogP contribution < -0.4 is 5.46 Å². The van der Waals surface area contributed by atoms with Gasteiger partial charge in [0.15, 0.2) is 0 Å². The molecule has 0 unspecified atom stereocenters. The van der Waals surface area contributed by atoms with Crippen LogP contribution in [0.3, 0.4) is 0 Å². The molecule has 1 saturated heterocycles. The van der Waals surface area contributed by atoms with Crippen molar-refractivity contribution in [1.82, 2.24) is 4.90 Å². The fourth-order valence-electron chi connectivity index (χ4n) is 2.19. The standard InChI is InChI=1S/C16H23BFNO3/c1-7-19(6)14(20)11-8-9-13(18)12(10-11)17-21-15(2,3)16(4,5)22-17/h8-10H,7H2,1-6H3. The molecule has 4 nitrogen and oxygen atoms in total. The monoisotopic (exact) mass is 307 g/mol. The highest BCUT2D eigenvalue weighted by atomic mass is 19.1. The molecular formula is C16H23BFNO3. The van der Waals surface area contributed by atoms with Crippen LogP contribution in [0.2, 0.25) is 0 Å². The Morgan fingerprint density at radius 1 is 1.23 bits per heavy atom. The average molecular weight is 307 g/mol. The van der Waals surface area contributed by atoms with Gasteiger partial charge in [-0.3, -0.25) is 4.79 Å². The van der Waals surface area contributed by atoms with Crippen LogP contribution in [-0.2, 0) is 9.31 Å². The Labute approximate surface area is 131 Å². The molecule has 0 aliphatic carbocycles. The van der Waals surface area contributed by atoms with Gasteiger partial charge >= 0.3 is 7.12 Å². The molecule has 0 aromatic heterocycles. The topological polar surface area (TPSA) is 38.8 Å². The summed E-state index contributed by atoms with van der Waals surface area (Å²) in [6, 6.07) is 4.29. The molecule has 1 amide bonds. The Morgan fingerprint density at radius 3 is 2.27 bits per heavy atom. The maximum atomic E-state index is 14.2. The molecule has 1 aromatic rings. The number of nitrogens with zero attached hydrogens (tertiary/aromatic N) is 1. The highest BCUT2D eigenvalue weighted by Gasteiger charge is 2.52. The summed E-state index contributed by atoms with van der Waals surface area (Å²) in [5.74, 6) is -0.588. The number of carbonyl (C=O) groups is 1. The zero-order valence-corrected chi connectivity index (χ0v) is 14.1. The number of hydrogen-bond donors (Lipinski definition) is 0. The van der Waals surface area contributed by atoms with Crippen LogP contribution in [0.1, 0.15) is 45.0 Å². The number of carbonyl (C=O) groups excluding carboxylic acids is 1. The van der Waals surface area contributed by atoms with Crippen LogP contribution in [0, 0.1) is 5.82 Å². The lowest BCUT2D eigenvalue weighted by Gasteiger charge is -2.32. The lowest BCUT2D eigenvalue weighted by molar-refractivity contribution is 0.00578. The third-order valence-electron chi connectivity index (χ3n) is 4.57. The Morgan fingerprint density at radius 2 is 1.77 bits per heavy atom. The van der Waals surface area contributed by atoms with E-state index >= 15 is 0 Å². The van der Waals surface area contributed by atoms with E-state index in [4.69, 9.17) is 9.31 Å². The van der Waals surface area contributed by atoms with Crippen molar-refractivity contribution in [3.8, 4) is 0 Å². The van der Waals surface area contributed by atoms with E-state index in [0.29, 0.717) is 12.1 Å². The second kappa shape index (κ2) is 5.67. The molecule has 0 atom stereocenters. The van der Waals surface area contributed by atoms with E-state index < -0.39 is 24.1 Å². The van der Waals surface area contributed by atoms with Gasteiger partial charge in [-0.25, -0.2) is 4.39 Å². The summed E-state index contributed by atoms with van der Waals surface area (Å²) in [4.78, 5) is 13.8. The second-order valence-electron chi connectivity index (χ2n) is 6.64. The molecule has 1 aromatic carbocycles. The van der Waals surface area contributed by atoms with E-state index in [1.54, 1.807) is 11.9 Å². The predicted molar refractivity (Wildman–Crippen MR) is 84.8 cm³/mol. The largest absolute Gasteiger partial charge is 0.497 e. The van der Waals surface area contributed by atoms with Gasteiger partial charge < -0.3 is 14.2 Å². The van der Waals surface area contributed by atoms with Gasteiger partial charge in [-0.15, -0.1) is 0 Å². The molecule has 2 rings (SSSR count). The minimum atomic E-state index is -0.815. The van der Waals surface area contributed by atoms with Crippen LogP contribution >= 0.6 is 0 Å². The molecule has 1 heterocycles. The summed E-state index contributed by atoms with van der Waals surface area (Å²) in [6.45, 7) is 10.1. The molecule has 0 bridgehead atoms. The van der Waals surface area contributed by atoms with Crippen molar-refractivity contribution in [3.63, 3.8) is 0 Å². The van der Waals surface area contributed by atoms with Crippen LogP contribution in [-0.4, -0.2) is 42.7 Å². The van der Waals surface area contributed by atoms with Crippen molar-refractivity contribution >= 4 is 18.5 Å². The van der Waals surface area contributed by atoms with E-state index in [1.165, 1.54) is 18.2 Å². The van der Waals surface area contributed by atoms with Crippen LogP contribution in [0.25, 0.3) is 0 Å². The number of halogens is 1. The molecular weight excluding hydrogens is 284 g/mol. The average Bonchev–Trinajstić information content (AvgIpc) is 2.66. The second-order valence-corrected chi connectivity index (χ2v) is 6.64. The highest BCUT2D eigenvalue weighted by molar-refractivity contribution is 6.62. The summed E-state index contributed by atoms with van der Waals surface area (Å²) < 4.78 is 25.9. The van der Waals surface area contributed by atoms with Gasteiger partial charge in [0, 0.05) is 24.6 Å². The summed E-state index contributed by atoms with van der Waals surface area (Å²) in [5, 5.41) is 0. The van der Waals surface area contributed by atoms with Crippen molar-refractivity contribution in [3.05, 3.63) is 29.6 Å². The molecule has 1 aliphatic heterocycles. The van der Waals surface area contributed by atoms with Crippen molar-refractivity contribution in [2.45, 2.75) is 45.8 Å². The first-order valence-electron chi connectivity index (χ1n) is 7.49. The van der Waals surface area contributed by atoms with Gasteiger partial charge in [0.25, 0.3) is 5.91 Å². The molecule has 1 aliphatic rings.